The van der Waals surface area contributed by atoms with Crippen LogP contribution in [0.1, 0.15) is 18.9 Å². The summed E-state index contributed by atoms with van der Waals surface area (Å²) in [6.45, 7) is 2.61. The maximum atomic E-state index is 10.7. The second kappa shape index (κ2) is 10.7. The van der Waals surface area contributed by atoms with Crippen LogP contribution in [0, 0.1) is 5.92 Å². The van der Waals surface area contributed by atoms with Gasteiger partial charge in [-0.15, -0.1) is 0 Å². The Hall–Kier alpha value is -0.450. The zero-order chi connectivity index (χ0) is 21.0. The van der Waals surface area contributed by atoms with E-state index < -0.39 is 31.4 Å². The summed E-state index contributed by atoms with van der Waals surface area (Å²) < 4.78 is 10.4. The van der Waals surface area contributed by atoms with Crippen molar-refractivity contribution in [3.8, 4) is 5.75 Å². The van der Waals surface area contributed by atoms with Crippen LogP contribution >= 0.6 is 23.4 Å². The van der Waals surface area contributed by atoms with E-state index in [1.807, 2.05) is 37.3 Å². The first kappa shape index (κ1) is 23.2. The molecule has 1 heterocycles. The fourth-order valence-corrected chi connectivity index (χ4v) is 9.53. The third-order valence-electron chi connectivity index (χ3n) is 5.06. The third-order valence-corrected chi connectivity index (χ3v) is 11.0. The van der Waals surface area contributed by atoms with Gasteiger partial charge in [-0.3, -0.25) is 0 Å². The Labute approximate surface area is 191 Å². The molecule has 5 atom stereocenters. The van der Waals surface area contributed by atoms with Gasteiger partial charge in [0.15, 0.2) is 0 Å². The summed E-state index contributed by atoms with van der Waals surface area (Å²) in [7, 11) is 1.60. The molecule has 8 heteroatoms. The van der Waals surface area contributed by atoms with Crippen molar-refractivity contribution in [3.63, 3.8) is 0 Å². The molecule has 1 aromatic rings. The van der Waals surface area contributed by atoms with E-state index in [1.54, 1.807) is 18.9 Å². The molecule has 29 heavy (non-hydrogen) atoms. The second-order valence-corrected chi connectivity index (χ2v) is 13.1. The Morgan fingerprint density at radius 3 is 2.59 bits per heavy atom. The van der Waals surface area contributed by atoms with Crippen LogP contribution in [0.5, 0.6) is 5.75 Å². The number of methoxy groups -OCH3 is 1. The summed E-state index contributed by atoms with van der Waals surface area (Å²) in [5.74, 6) is 1.45. The van der Waals surface area contributed by atoms with Crippen molar-refractivity contribution in [1.82, 2.24) is 0 Å². The standard InChI is InChI=1S/C21H27ClIO5S/c1-3-28-14-6-4-12(5-7-14)8-13-9-15(17(27-2)10-16(13)22)20-19(25)21(26)23-18(11-24)29-20/h4-7,10,15,18-21,24-26H,3,8-9,11H2,1-2H3/q-1/t15?,18-,19+,20?,21-/m1/s1. The first-order valence-corrected chi connectivity index (χ1v) is 13.4. The van der Waals surface area contributed by atoms with Crippen LogP contribution in [0.15, 0.2) is 46.7 Å². The van der Waals surface area contributed by atoms with Crippen LogP contribution in [0.2, 0.25) is 0 Å². The summed E-state index contributed by atoms with van der Waals surface area (Å²) in [4.78, 5) is 0. The Morgan fingerprint density at radius 2 is 1.97 bits per heavy atom. The number of benzene rings is 1. The van der Waals surface area contributed by atoms with Gasteiger partial charge < -0.3 is 0 Å². The van der Waals surface area contributed by atoms with Gasteiger partial charge in [0, 0.05) is 0 Å². The van der Waals surface area contributed by atoms with Gasteiger partial charge in [0.25, 0.3) is 0 Å². The normalized spacial score (nSPS) is 30.4. The fraction of sp³-hybridized carbons (Fsp3) is 0.524. The number of hydrogen-bond acceptors (Lipinski definition) is 6. The number of thioether (sulfide) groups is 1. The van der Waals surface area contributed by atoms with Crippen LogP contribution < -0.4 is 25.9 Å². The zero-order valence-electron chi connectivity index (χ0n) is 16.4. The molecule has 1 aliphatic heterocycles. The molecule has 0 bridgehead atoms. The Bertz CT molecular complexity index is 754. The van der Waals surface area contributed by atoms with Crippen LogP contribution in [0.4, 0.5) is 0 Å². The van der Waals surface area contributed by atoms with E-state index in [1.165, 1.54) is 0 Å². The molecule has 0 amide bonds. The minimum atomic E-state index is -0.831. The van der Waals surface area contributed by atoms with Crippen LogP contribution in [-0.4, -0.2) is 54.4 Å². The van der Waals surface area contributed by atoms with Gasteiger partial charge in [-0.25, -0.2) is 0 Å². The third kappa shape index (κ3) is 5.62. The van der Waals surface area contributed by atoms with Gasteiger partial charge in [0.05, 0.1) is 6.61 Å². The number of hydrogen-bond donors (Lipinski definition) is 3. The predicted molar refractivity (Wildman–Crippen MR) is 112 cm³/mol. The molecule has 0 aromatic heterocycles. The van der Waals surface area contributed by atoms with Gasteiger partial charge in [-0.05, 0) is 6.92 Å². The average molecular weight is 554 g/mol. The van der Waals surface area contributed by atoms with Crippen molar-refractivity contribution in [3.05, 3.63) is 52.3 Å². The van der Waals surface area contributed by atoms with Crippen molar-refractivity contribution < 1.29 is 46.0 Å². The van der Waals surface area contributed by atoms with E-state index in [-0.39, 0.29) is 21.0 Å². The van der Waals surface area contributed by atoms with Crippen molar-refractivity contribution >= 4 is 23.4 Å². The molecule has 3 rings (SSSR count). The summed E-state index contributed by atoms with van der Waals surface area (Å²) in [5, 5.41) is 31.0. The van der Waals surface area contributed by atoms with E-state index in [4.69, 9.17) is 21.1 Å². The quantitative estimate of drug-likeness (QED) is 0.323. The molecule has 0 saturated carbocycles. The number of alkyl halides is 2. The van der Waals surface area contributed by atoms with Gasteiger partial charge in [-0.1, -0.05) is 0 Å². The number of aliphatic hydroxyl groups is 3. The topological polar surface area (TPSA) is 79.2 Å². The van der Waals surface area contributed by atoms with Crippen molar-refractivity contribution in [1.29, 1.82) is 0 Å². The molecule has 1 saturated heterocycles. The minimum absolute atomic E-state index is 0.00578. The monoisotopic (exact) mass is 553 g/mol. The second-order valence-electron chi connectivity index (χ2n) is 6.95. The molecule has 1 fully saturated rings. The van der Waals surface area contributed by atoms with E-state index >= 15 is 0 Å². The summed E-state index contributed by atoms with van der Waals surface area (Å²) in [6, 6.07) is 7.98. The Balaban J connectivity index is 1.80. The summed E-state index contributed by atoms with van der Waals surface area (Å²) >= 11 is 7.45. The zero-order valence-corrected chi connectivity index (χ0v) is 20.2. The number of aliphatic hydroxyl groups excluding tert-OH is 3. The van der Waals surface area contributed by atoms with E-state index in [0.29, 0.717) is 30.2 Å². The molecule has 162 valence electrons. The number of rotatable bonds is 7. The fourth-order valence-electron chi connectivity index (χ4n) is 3.63. The SMILES string of the molecule is CCOc1ccc(CC2=C(Cl)C=C(OC)C(C3S[C@H](CO)[I-][C@H](O)[C@H]3O)C2)cc1. The number of ether oxygens (including phenoxy) is 2. The maximum absolute atomic E-state index is 10.7. The van der Waals surface area contributed by atoms with Crippen LogP contribution in [0.3, 0.4) is 0 Å². The molecule has 0 spiro atoms. The Kier molecular flexibility index (Phi) is 8.59. The number of allylic oxidation sites excluding steroid dienone is 4. The average Bonchev–Trinajstić information content (AvgIpc) is 2.72. The van der Waals surface area contributed by atoms with E-state index in [9.17, 15) is 15.3 Å². The van der Waals surface area contributed by atoms with Crippen molar-refractivity contribution in [2.24, 2.45) is 5.92 Å². The van der Waals surface area contributed by atoms with Gasteiger partial charge in [-0.2, -0.15) is 0 Å². The molecular weight excluding hydrogens is 527 g/mol. The van der Waals surface area contributed by atoms with Gasteiger partial charge >= 0.3 is 179 Å². The molecule has 2 unspecified atom stereocenters. The molecule has 5 nitrogen and oxygen atoms in total. The molecule has 1 aliphatic carbocycles. The van der Waals surface area contributed by atoms with Gasteiger partial charge in [0.1, 0.15) is 0 Å². The van der Waals surface area contributed by atoms with Crippen LogP contribution in [0.25, 0.3) is 0 Å². The summed E-state index contributed by atoms with van der Waals surface area (Å²) in [5.41, 5.74) is 2.20. The molecule has 2 aliphatic rings. The predicted octanol–water partition coefficient (Wildman–Crippen LogP) is -0.127. The van der Waals surface area contributed by atoms with Crippen molar-refractivity contribution in [2.45, 2.75) is 38.5 Å². The Morgan fingerprint density at radius 1 is 1.24 bits per heavy atom. The first-order valence-electron chi connectivity index (χ1n) is 9.56. The van der Waals surface area contributed by atoms with E-state index in [0.717, 1.165) is 16.9 Å². The number of halogens is 2. The first-order chi connectivity index (χ1) is 14.0. The molecule has 3 N–H and O–H groups in total. The molecular formula is C21H27ClIO5S-. The summed E-state index contributed by atoms with van der Waals surface area (Å²) in [6.07, 6.45) is 2.34. The molecule has 0 radical (unpaired) electrons. The van der Waals surface area contributed by atoms with Gasteiger partial charge in [0.2, 0.25) is 0 Å². The molecule has 1 aromatic carbocycles. The van der Waals surface area contributed by atoms with Crippen LogP contribution in [-0.2, 0) is 11.2 Å². The van der Waals surface area contributed by atoms with Crippen molar-refractivity contribution in [2.75, 3.05) is 20.3 Å². The van der Waals surface area contributed by atoms with E-state index in [2.05, 4.69) is 0 Å².